The van der Waals surface area contributed by atoms with E-state index in [2.05, 4.69) is 58.3 Å². The number of para-hydroxylation sites is 1. The van der Waals surface area contributed by atoms with Crippen LogP contribution >= 0.6 is 15.9 Å². The molecule has 0 aliphatic rings. The Balaban J connectivity index is 2.38. The summed E-state index contributed by atoms with van der Waals surface area (Å²) in [4.78, 5) is 0. The summed E-state index contributed by atoms with van der Waals surface area (Å²) in [6.07, 6.45) is 2.91. The van der Waals surface area contributed by atoms with Gasteiger partial charge >= 0.3 is 0 Å². The third-order valence-corrected chi connectivity index (χ3v) is 3.09. The number of hydrogen-bond acceptors (Lipinski definition) is 2. The zero-order valence-corrected chi connectivity index (χ0v) is 11.7. The molecule has 0 aliphatic heterocycles. The molecule has 17 heavy (non-hydrogen) atoms. The monoisotopic (exact) mass is 293 g/mol. The first-order chi connectivity index (χ1) is 8.22. The summed E-state index contributed by atoms with van der Waals surface area (Å²) < 4.78 is 1.87. The van der Waals surface area contributed by atoms with E-state index in [1.54, 1.807) is 0 Å². The number of halogens is 1. The van der Waals surface area contributed by atoms with E-state index < -0.39 is 0 Å². The second-order valence-electron chi connectivity index (χ2n) is 4.31. The Bertz CT molecular complexity index is 491. The molecule has 0 saturated heterocycles. The van der Waals surface area contributed by atoms with E-state index in [9.17, 15) is 0 Å². The second-order valence-corrected chi connectivity index (χ2v) is 5.10. The quantitative estimate of drug-likeness (QED) is 0.810. The van der Waals surface area contributed by atoms with Crippen LogP contribution in [0.1, 0.15) is 31.0 Å². The SMILES string of the molecule is CC(C)c1ccccc1-n1cc(CCBr)nn1. The van der Waals surface area contributed by atoms with Crippen LogP contribution < -0.4 is 0 Å². The molecule has 4 heteroatoms. The zero-order valence-electron chi connectivity index (χ0n) is 10.1. The van der Waals surface area contributed by atoms with Crippen molar-refractivity contribution < 1.29 is 0 Å². The highest BCUT2D eigenvalue weighted by Gasteiger charge is 2.09. The summed E-state index contributed by atoms with van der Waals surface area (Å²) in [5.74, 6) is 0.482. The average molecular weight is 294 g/mol. The molecule has 0 bridgehead atoms. The zero-order chi connectivity index (χ0) is 12.3. The predicted molar refractivity (Wildman–Crippen MR) is 72.9 cm³/mol. The van der Waals surface area contributed by atoms with Crippen molar-refractivity contribution in [2.45, 2.75) is 26.2 Å². The van der Waals surface area contributed by atoms with Gasteiger partial charge < -0.3 is 0 Å². The minimum absolute atomic E-state index is 0.482. The molecule has 1 aromatic heterocycles. The lowest BCUT2D eigenvalue weighted by Gasteiger charge is -2.11. The summed E-state index contributed by atoms with van der Waals surface area (Å²) in [5, 5.41) is 9.27. The third-order valence-electron chi connectivity index (χ3n) is 2.70. The summed E-state index contributed by atoms with van der Waals surface area (Å²) in [6.45, 7) is 4.38. The maximum Gasteiger partial charge on any atom is 0.0840 e. The van der Waals surface area contributed by atoms with Gasteiger partial charge in [0.1, 0.15) is 0 Å². The third kappa shape index (κ3) is 2.75. The van der Waals surface area contributed by atoms with Gasteiger partial charge in [-0.1, -0.05) is 53.2 Å². The number of nitrogens with zero attached hydrogens (tertiary/aromatic N) is 3. The van der Waals surface area contributed by atoms with Crippen molar-refractivity contribution in [3.63, 3.8) is 0 Å². The first-order valence-electron chi connectivity index (χ1n) is 5.79. The highest BCUT2D eigenvalue weighted by Crippen LogP contribution is 2.22. The minimum atomic E-state index is 0.482. The van der Waals surface area contributed by atoms with E-state index in [1.165, 1.54) is 5.56 Å². The Hall–Kier alpha value is -1.16. The molecule has 2 aromatic rings. The van der Waals surface area contributed by atoms with Crippen LogP contribution in [0.5, 0.6) is 0 Å². The second kappa shape index (κ2) is 5.45. The summed E-state index contributed by atoms with van der Waals surface area (Å²) >= 11 is 3.41. The maximum atomic E-state index is 4.19. The Kier molecular flexibility index (Phi) is 3.94. The average Bonchev–Trinajstić information content (AvgIpc) is 2.78. The van der Waals surface area contributed by atoms with Gasteiger partial charge in [0.25, 0.3) is 0 Å². The van der Waals surface area contributed by atoms with Crippen LogP contribution in [0.2, 0.25) is 0 Å². The van der Waals surface area contributed by atoms with Crippen LogP contribution in [0, 0.1) is 0 Å². The van der Waals surface area contributed by atoms with Crippen molar-refractivity contribution in [2.75, 3.05) is 5.33 Å². The van der Waals surface area contributed by atoms with Crippen molar-refractivity contribution in [2.24, 2.45) is 0 Å². The topological polar surface area (TPSA) is 30.7 Å². The molecule has 2 rings (SSSR count). The van der Waals surface area contributed by atoms with Gasteiger partial charge in [0.15, 0.2) is 0 Å². The van der Waals surface area contributed by atoms with Gasteiger partial charge in [0, 0.05) is 11.8 Å². The number of benzene rings is 1. The fourth-order valence-electron chi connectivity index (χ4n) is 1.81. The van der Waals surface area contributed by atoms with Gasteiger partial charge in [0.2, 0.25) is 0 Å². The molecule has 3 nitrogen and oxygen atoms in total. The van der Waals surface area contributed by atoms with Gasteiger partial charge in [-0.25, -0.2) is 4.68 Å². The molecule has 0 amide bonds. The van der Waals surface area contributed by atoms with Crippen molar-refractivity contribution in [3.05, 3.63) is 41.7 Å². The normalized spacial score (nSPS) is 11.1. The molecule has 0 spiro atoms. The van der Waals surface area contributed by atoms with Gasteiger partial charge in [-0.15, -0.1) is 5.10 Å². The lowest BCUT2D eigenvalue weighted by molar-refractivity contribution is 0.768. The number of aromatic nitrogens is 3. The van der Waals surface area contributed by atoms with E-state index in [0.29, 0.717) is 5.92 Å². The predicted octanol–water partition coefficient (Wildman–Crippen LogP) is 3.33. The molecular formula is C13H16BrN3. The largest absolute Gasteiger partial charge is 0.220 e. The van der Waals surface area contributed by atoms with Gasteiger partial charge in [-0.05, 0) is 17.5 Å². The molecule has 1 heterocycles. The highest BCUT2D eigenvalue weighted by molar-refractivity contribution is 9.09. The van der Waals surface area contributed by atoms with E-state index in [0.717, 1.165) is 23.1 Å². The summed E-state index contributed by atoms with van der Waals surface area (Å²) in [6, 6.07) is 8.33. The molecule has 1 aromatic carbocycles. The molecule has 0 aliphatic carbocycles. The molecule has 0 saturated carbocycles. The van der Waals surface area contributed by atoms with E-state index in [-0.39, 0.29) is 0 Å². The van der Waals surface area contributed by atoms with E-state index in [4.69, 9.17) is 0 Å². The van der Waals surface area contributed by atoms with Crippen LogP contribution in [0.15, 0.2) is 30.5 Å². The maximum absolute atomic E-state index is 4.19. The fraction of sp³-hybridized carbons (Fsp3) is 0.385. The van der Waals surface area contributed by atoms with Crippen molar-refractivity contribution in [1.82, 2.24) is 15.0 Å². The van der Waals surface area contributed by atoms with Crippen LogP contribution in [0.25, 0.3) is 5.69 Å². The molecule has 0 fully saturated rings. The number of aryl methyl sites for hydroxylation is 1. The number of alkyl halides is 1. The van der Waals surface area contributed by atoms with Crippen LogP contribution in [-0.2, 0) is 6.42 Å². The van der Waals surface area contributed by atoms with E-state index in [1.807, 2.05) is 16.9 Å². The van der Waals surface area contributed by atoms with Gasteiger partial charge in [-0.3, -0.25) is 0 Å². The summed E-state index contributed by atoms with van der Waals surface area (Å²) in [7, 11) is 0. The first kappa shape index (κ1) is 12.3. The van der Waals surface area contributed by atoms with Gasteiger partial charge in [0.05, 0.1) is 17.6 Å². The molecule has 0 N–H and O–H groups in total. The van der Waals surface area contributed by atoms with Crippen LogP contribution in [-0.4, -0.2) is 20.3 Å². The number of rotatable bonds is 4. The minimum Gasteiger partial charge on any atom is -0.220 e. The highest BCUT2D eigenvalue weighted by atomic mass is 79.9. The fourth-order valence-corrected chi connectivity index (χ4v) is 2.22. The standard InChI is InChI=1S/C13H16BrN3/c1-10(2)12-5-3-4-6-13(12)17-9-11(7-8-14)15-16-17/h3-6,9-10H,7-8H2,1-2H3. The Morgan fingerprint density at radius 2 is 2.06 bits per heavy atom. The molecular weight excluding hydrogens is 278 g/mol. The van der Waals surface area contributed by atoms with E-state index >= 15 is 0 Å². The van der Waals surface area contributed by atoms with Crippen LogP contribution in [0.3, 0.4) is 0 Å². The molecule has 0 atom stereocenters. The van der Waals surface area contributed by atoms with Crippen molar-refractivity contribution >= 4 is 15.9 Å². The number of hydrogen-bond donors (Lipinski definition) is 0. The Morgan fingerprint density at radius 1 is 1.29 bits per heavy atom. The lowest BCUT2D eigenvalue weighted by Crippen LogP contribution is -2.01. The van der Waals surface area contributed by atoms with Crippen molar-refractivity contribution in [3.8, 4) is 5.69 Å². The molecule has 90 valence electrons. The lowest BCUT2D eigenvalue weighted by atomic mass is 10.0. The Morgan fingerprint density at radius 3 is 2.76 bits per heavy atom. The van der Waals surface area contributed by atoms with Gasteiger partial charge in [-0.2, -0.15) is 0 Å². The first-order valence-corrected chi connectivity index (χ1v) is 6.91. The summed E-state index contributed by atoms with van der Waals surface area (Å²) in [5.41, 5.74) is 3.43. The molecule has 0 radical (unpaired) electrons. The van der Waals surface area contributed by atoms with Crippen molar-refractivity contribution in [1.29, 1.82) is 0 Å². The smallest absolute Gasteiger partial charge is 0.0840 e. The Labute approximate surface area is 110 Å². The molecule has 0 unspecified atom stereocenters. The van der Waals surface area contributed by atoms with Crippen LogP contribution in [0.4, 0.5) is 0 Å².